The van der Waals surface area contributed by atoms with Crippen molar-refractivity contribution in [2.45, 2.75) is 17.2 Å². The maximum absolute atomic E-state index is 13.8. The molecule has 1 atom stereocenters. The highest BCUT2D eigenvalue weighted by Crippen LogP contribution is 2.46. The standard InChI is InChI=1S/C30H26FN3O7S/c1-40-26-13-12-25(28(35)27(26)21-14-16-41-18-21)34(30(37)20-3-2-15-32-17-20)23-8-4-19(5-9-23)29(36)33-42(38,39)24-10-6-22(31)7-11-24/h2-13,15,17,21,35H,14,16,18H2,1H3,(H,33,36)/t21-/m0/s1. The first kappa shape index (κ1) is 28.7. The number of rotatable bonds is 8. The van der Waals surface area contributed by atoms with Gasteiger partial charge in [0.15, 0.2) is 0 Å². The largest absolute Gasteiger partial charge is 0.505 e. The van der Waals surface area contributed by atoms with Crippen molar-refractivity contribution in [3.8, 4) is 11.5 Å². The third kappa shape index (κ3) is 5.80. The molecule has 0 unspecified atom stereocenters. The van der Waals surface area contributed by atoms with E-state index < -0.39 is 27.7 Å². The summed E-state index contributed by atoms with van der Waals surface area (Å²) in [5.74, 6) is -1.90. The van der Waals surface area contributed by atoms with Crippen LogP contribution in [0.3, 0.4) is 0 Å². The number of pyridine rings is 1. The summed E-state index contributed by atoms with van der Waals surface area (Å²) in [6.07, 6.45) is 3.58. The third-order valence-electron chi connectivity index (χ3n) is 6.80. The summed E-state index contributed by atoms with van der Waals surface area (Å²) in [5, 5.41) is 11.5. The topological polar surface area (TPSA) is 135 Å². The molecule has 0 aliphatic carbocycles. The van der Waals surface area contributed by atoms with Gasteiger partial charge >= 0.3 is 0 Å². The molecular formula is C30H26FN3O7S. The van der Waals surface area contributed by atoms with Crippen LogP contribution in [0.15, 0.2) is 90.1 Å². The lowest BCUT2D eigenvalue weighted by Gasteiger charge is -2.26. The molecule has 0 bridgehead atoms. The Morgan fingerprint density at radius 2 is 1.79 bits per heavy atom. The van der Waals surface area contributed by atoms with E-state index in [9.17, 15) is 27.5 Å². The second-order valence-corrected chi connectivity index (χ2v) is 11.1. The molecule has 1 aliphatic rings. The number of amides is 2. The van der Waals surface area contributed by atoms with E-state index in [1.54, 1.807) is 24.3 Å². The molecule has 2 N–H and O–H groups in total. The van der Waals surface area contributed by atoms with Gasteiger partial charge in [-0.2, -0.15) is 0 Å². The van der Waals surface area contributed by atoms with Gasteiger partial charge in [-0.25, -0.2) is 17.5 Å². The van der Waals surface area contributed by atoms with Crippen LogP contribution in [-0.2, 0) is 14.8 Å². The number of sulfonamides is 1. The molecule has 1 aromatic heterocycles. The minimum Gasteiger partial charge on any atom is -0.505 e. The van der Waals surface area contributed by atoms with Gasteiger partial charge < -0.3 is 14.6 Å². The molecule has 4 aromatic rings. The number of phenols is 1. The zero-order valence-corrected chi connectivity index (χ0v) is 23.2. The highest BCUT2D eigenvalue weighted by atomic mass is 32.2. The summed E-state index contributed by atoms with van der Waals surface area (Å²) in [7, 11) is -2.77. The minimum absolute atomic E-state index is 0.0130. The van der Waals surface area contributed by atoms with E-state index in [0.717, 1.165) is 24.3 Å². The fraction of sp³-hybridized carbons (Fsp3) is 0.167. The van der Waals surface area contributed by atoms with Crippen LogP contribution >= 0.6 is 0 Å². The van der Waals surface area contributed by atoms with Crippen LogP contribution in [0.1, 0.15) is 38.6 Å². The molecule has 0 radical (unpaired) electrons. The number of methoxy groups -OCH3 is 1. The second kappa shape index (κ2) is 12.0. The molecule has 42 heavy (non-hydrogen) atoms. The van der Waals surface area contributed by atoms with Crippen LogP contribution in [0.5, 0.6) is 11.5 Å². The Balaban J connectivity index is 1.51. The van der Waals surface area contributed by atoms with Gasteiger partial charge in [-0.3, -0.25) is 19.5 Å². The number of ether oxygens (including phenoxy) is 2. The molecule has 1 saturated heterocycles. The minimum atomic E-state index is -4.26. The number of hydrogen-bond acceptors (Lipinski definition) is 8. The Morgan fingerprint density at radius 3 is 2.40 bits per heavy atom. The van der Waals surface area contributed by atoms with Crippen molar-refractivity contribution in [1.82, 2.24) is 9.71 Å². The van der Waals surface area contributed by atoms with E-state index in [4.69, 9.17) is 9.47 Å². The average molecular weight is 592 g/mol. The molecule has 0 saturated carbocycles. The van der Waals surface area contributed by atoms with Crippen molar-refractivity contribution in [2.75, 3.05) is 25.2 Å². The monoisotopic (exact) mass is 591 g/mol. The van der Waals surface area contributed by atoms with Gasteiger partial charge in [0.25, 0.3) is 21.8 Å². The van der Waals surface area contributed by atoms with Gasteiger partial charge in [-0.15, -0.1) is 0 Å². The van der Waals surface area contributed by atoms with Crippen LogP contribution in [0, 0.1) is 5.82 Å². The Labute approximate surface area is 241 Å². The number of anilines is 2. The van der Waals surface area contributed by atoms with Crippen LogP contribution < -0.4 is 14.4 Å². The zero-order chi connectivity index (χ0) is 29.9. The fourth-order valence-corrected chi connectivity index (χ4v) is 5.67. The zero-order valence-electron chi connectivity index (χ0n) is 22.4. The first-order valence-corrected chi connectivity index (χ1v) is 14.3. The summed E-state index contributed by atoms with van der Waals surface area (Å²) < 4.78 is 51.4. The molecule has 216 valence electrons. The van der Waals surface area contributed by atoms with E-state index >= 15 is 0 Å². The normalized spacial score (nSPS) is 14.8. The van der Waals surface area contributed by atoms with Gasteiger partial charge in [-0.1, -0.05) is 0 Å². The number of carbonyl (C=O) groups excluding carboxylic acids is 2. The summed E-state index contributed by atoms with van der Waals surface area (Å²) in [5.41, 5.74) is 1.20. The number of nitrogens with zero attached hydrogens (tertiary/aromatic N) is 2. The lowest BCUT2D eigenvalue weighted by Crippen LogP contribution is -2.30. The smallest absolute Gasteiger partial charge is 0.264 e. The Hall–Kier alpha value is -4.81. The SMILES string of the molecule is COc1ccc(N(C(=O)c2cccnc2)c2ccc(C(=O)NS(=O)(=O)c3ccc(F)cc3)cc2)c(O)c1[C@H]1CCOC1. The van der Waals surface area contributed by atoms with Gasteiger partial charge in [0, 0.05) is 41.7 Å². The number of hydrogen-bond donors (Lipinski definition) is 2. The second-order valence-electron chi connectivity index (χ2n) is 9.43. The lowest BCUT2D eigenvalue weighted by molar-refractivity contribution is 0.0979. The molecule has 2 heterocycles. The summed E-state index contributed by atoms with van der Waals surface area (Å²) in [4.78, 5) is 31.6. The van der Waals surface area contributed by atoms with Crippen molar-refractivity contribution >= 4 is 33.2 Å². The molecule has 1 aliphatic heterocycles. The van der Waals surface area contributed by atoms with Crippen LogP contribution in [0.2, 0.25) is 0 Å². The quantitative estimate of drug-likeness (QED) is 0.305. The third-order valence-corrected chi connectivity index (χ3v) is 8.15. The highest BCUT2D eigenvalue weighted by molar-refractivity contribution is 7.90. The molecule has 12 heteroatoms. The predicted octanol–water partition coefficient (Wildman–Crippen LogP) is 4.54. The summed E-state index contributed by atoms with van der Waals surface area (Å²) in [6.45, 7) is 0.908. The van der Waals surface area contributed by atoms with Crippen molar-refractivity contribution in [3.05, 3.63) is 108 Å². The van der Waals surface area contributed by atoms with Gasteiger partial charge in [0.05, 0.1) is 29.9 Å². The lowest BCUT2D eigenvalue weighted by atomic mass is 9.95. The molecule has 5 rings (SSSR count). The van der Waals surface area contributed by atoms with Crippen molar-refractivity contribution < 1.29 is 37.0 Å². The van der Waals surface area contributed by atoms with Crippen LogP contribution in [0.4, 0.5) is 15.8 Å². The Bertz CT molecular complexity index is 1710. The van der Waals surface area contributed by atoms with Crippen molar-refractivity contribution in [3.63, 3.8) is 0 Å². The average Bonchev–Trinajstić information content (AvgIpc) is 3.53. The molecule has 1 fully saturated rings. The maximum Gasteiger partial charge on any atom is 0.264 e. The first-order chi connectivity index (χ1) is 20.2. The van der Waals surface area contributed by atoms with Gasteiger partial charge in [0.1, 0.15) is 17.3 Å². The fourth-order valence-electron chi connectivity index (χ4n) is 4.69. The number of aromatic nitrogens is 1. The Morgan fingerprint density at radius 1 is 1.05 bits per heavy atom. The first-order valence-electron chi connectivity index (χ1n) is 12.8. The summed E-state index contributed by atoms with van der Waals surface area (Å²) in [6, 6.07) is 16.0. The number of benzene rings is 3. The van der Waals surface area contributed by atoms with E-state index in [2.05, 4.69) is 4.98 Å². The van der Waals surface area contributed by atoms with Crippen molar-refractivity contribution in [2.24, 2.45) is 0 Å². The molecule has 2 amide bonds. The van der Waals surface area contributed by atoms with E-state index in [1.165, 1.54) is 48.7 Å². The number of aromatic hydroxyl groups is 1. The number of nitrogens with one attached hydrogen (secondary N) is 1. The van der Waals surface area contributed by atoms with E-state index in [1.807, 2.05) is 4.72 Å². The predicted molar refractivity (Wildman–Crippen MR) is 151 cm³/mol. The molecule has 10 nitrogen and oxygen atoms in total. The molecule has 0 spiro atoms. The van der Waals surface area contributed by atoms with E-state index in [0.29, 0.717) is 30.9 Å². The molecule has 3 aromatic carbocycles. The number of carbonyl (C=O) groups is 2. The van der Waals surface area contributed by atoms with Crippen LogP contribution in [0.25, 0.3) is 0 Å². The van der Waals surface area contributed by atoms with Crippen molar-refractivity contribution in [1.29, 1.82) is 0 Å². The number of phenolic OH excluding ortho intramolecular Hbond substituents is 1. The number of halogens is 1. The highest BCUT2D eigenvalue weighted by Gasteiger charge is 2.30. The van der Waals surface area contributed by atoms with Gasteiger partial charge in [-0.05, 0) is 79.2 Å². The molecular weight excluding hydrogens is 565 g/mol. The maximum atomic E-state index is 13.8. The van der Waals surface area contributed by atoms with E-state index in [-0.39, 0.29) is 39.1 Å². The summed E-state index contributed by atoms with van der Waals surface area (Å²) >= 11 is 0. The Kier molecular flexibility index (Phi) is 8.18. The van der Waals surface area contributed by atoms with Gasteiger partial charge in [0.2, 0.25) is 0 Å². The van der Waals surface area contributed by atoms with Crippen LogP contribution in [-0.4, -0.2) is 50.6 Å².